The highest BCUT2D eigenvalue weighted by molar-refractivity contribution is 7.09. The van der Waals surface area contributed by atoms with Gasteiger partial charge in [-0.1, -0.05) is 0 Å². The molecule has 1 saturated heterocycles. The minimum Gasteiger partial charge on any atom is -0.495 e. The van der Waals surface area contributed by atoms with E-state index in [0.717, 1.165) is 43.2 Å². The Morgan fingerprint density at radius 1 is 1.44 bits per heavy atom. The Balaban J connectivity index is 1.50. The average Bonchev–Trinajstić information content (AvgIpc) is 3.00. The SMILES string of the molecule is COc1ccc(NC(=O)C2CCN(Cc3csc(C)n3)CC2)cc1N. The largest absolute Gasteiger partial charge is 0.495 e. The van der Waals surface area contributed by atoms with Crippen LogP contribution in [0.3, 0.4) is 0 Å². The van der Waals surface area contributed by atoms with Gasteiger partial charge in [0.2, 0.25) is 5.91 Å². The van der Waals surface area contributed by atoms with Gasteiger partial charge in [0.1, 0.15) is 5.75 Å². The third kappa shape index (κ3) is 4.49. The van der Waals surface area contributed by atoms with Crippen molar-refractivity contribution in [3.05, 3.63) is 34.3 Å². The van der Waals surface area contributed by atoms with Gasteiger partial charge in [-0.05, 0) is 51.1 Å². The number of thiazole rings is 1. The number of amides is 1. The smallest absolute Gasteiger partial charge is 0.227 e. The second-order valence-corrected chi connectivity index (χ2v) is 7.42. The fourth-order valence-electron chi connectivity index (χ4n) is 3.12. The molecule has 1 amide bonds. The molecule has 7 heteroatoms. The first-order chi connectivity index (χ1) is 12.0. The van der Waals surface area contributed by atoms with Crippen LogP contribution in [-0.2, 0) is 11.3 Å². The van der Waals surface area contributed by atoms with Crippen LogP contribution in [0.15, 0.2) is 23.6 Å². The summed E-state index contributed by atoms with van der Waals surface area (Å²) in [5, 5.41) is 6.18. The van der Waals surface area contributed by atoms with Crippen LogP contribution in [0.1, 0.15) is 23.5 Å². The van der Waals surface area contributed by atoms with Crippen molar-refractivity contribution in [1.29, 1.82) is 0 Å². The van der Waals surface area contributed by atoms with Gasteiger partial charge < -0.3 is 15.8 Å². The molecule has 3 N–H and O–H groups in total. The number of carbonyl (C=O) groups excluding carboxylic acids is 1. The molecule has 3 rings (SSSR count). The number of nitrogens with two attached hydrogens (primary N) is 1. The number of nitrogens with zero attached hydrogens (tertiary/aromatic N) is 2. The first-order valence-electron chi connectivity index (χ1n) is 8.43. The van der Waals surface area contributed by atoms with Crippen molar-refractivity contribution in [3.8, 4) is 5.75 Å². The number of aryl methyl sites for hydroxylation is 1. The predicted molar refractivity (Wildman–Crippen MR) is 101 cm³/mol. The van der Waals surface area contributed by atoms with Gasteiger partial charge in [-0.25, -0.2) is 4.98 Å². The molecule has 1 aliphatic heterocycles. The molecule has 0 radical (unpaired) electrons. The first kappa shape index (κ1) is 17.7. The number of hydrogen-bond acceptors (Lipinski definition) is 6. The summed E-state index contributed by atoms with van der Waals surface area (Å²) >= 11 is 1.68. The van der Waals surface area contributed by atoms with E-state index in [1.54, 1.807) is 30.6 Å². The Morgan fingerprint density at radius 2 is 2.20 bits per heavy atom. The number of hydrogen-bond donors (Lipinski definition) is 2. The number of nitrogen functional groups attached to an aromatic ring is 1. The number of nitrogens with one attached hydrogen (secondary N) is 1. The fourth-order valence-corrected chi connectivity index (χ4v) is 3.72. The molecule has 25 heavy (non-hydrogen) atoms. The summed E-state index contributed by atoms with van der Waals surface area (Å²) in [7, 11) is 1.57. The molecule has 0 atom stereocenters. The minimum absolute atomic E-state index is 0.0387. The van der Waals surface area contributed by atoms with Crippen LogP contribution in [0.25, 0.3) is 0 Å². The van der Waals surface area contributed by atoms with Gasteiger partial charge in [-0.3, -0.25) is 9.69 Å². The zero-order valence-electron chi connectivity index (χ0n) is 14.6. The van der Waals surface area contributed by atoms with Gasteiger partial charge in [0.15, 0.2) is 0 Å². The van der Waals surface area contributed by atoms with Gasteiger partial charge >= 0.3 is 0 Å². The summed E-state index contributed by atoms with van der Waals surface area (Å²) in [5.74, 6) is 0.717. The highest BCUT2D eigenvalue weighted by atomic mass is 32.1. The highest BCUT2D eigenvalue weighted by Crippen LogP contribution is 2.26. The van der Waals surface area contributed by atoms with Crippen LogP contribution >= 0.6 is 11.3 Å². The van der Waals surface area contributed by atoms with Crippen molar-refractivity contribution < 1.29 is 9.53 Å². The van der Waals surface area contributed by atoms with Crippen LogP contribution in [-0.4, -0.2) is 36.0 Å². The lowest BCUT2D eigenvalue weighted by Gasteiger charge is -2.30. The molecule has 0 spiro atoms. The molecule has 0 bridgehead atoms. The molecular formula is C18H24N4O2S. The molecule has 0 unspecified atom stereocenters. The second kappa shape index (κ2) is 7.84. The molecule has 1 aromatic heterocycles. The molecule has 1 aromatic carbocycles. The van der Waals surface area contributed by atoms with Gasteiger partial charge in [-0.15, -0.1) is 11.3 Å². The van der Waals surface area contributed by atoms with Crippen molar-refractivity contribution in [2.45, 2.75) is 26.3 Å². The van der Waals surface area contributed by atoms with Crippen LogP contribution in [0, 0.1) is 12.8 Å². The molecule has 0 saturated carbocycles. The zero-order valence-corrected chi connectivity index (χ0v) is 15.4. The topological polar surface area (TPSA) is 80.5 Å². The molecule has 2 aromatic rings. The molecule has 1 fully saturated rings. The molecule has 134 valence electrons. The highest BCUT2D eigenvalue weighted by Gasteiger charge is 2.25. The summed E-state index contributed by atoms with van der Waals surface area (Å²) in [6.07, 6.45) is 1.72. The van der Waals surface area contributed by atoms with Crippen molar-refractivity contribution in [1.82, 2.24) is 9.88 Å². The number of rotatable bonds is 5. The number of ether oxygens (including phenoxy) is 1. The third-order valence-electron chi connectivity index (χ3n) is 4.51. The number of likely N-dealkylation sites (tertiary alicyclic amines) is 1. The summed E-state index contributed by atoms with van der Waals surface area (Å²) in [6, 6.07) is 5.31. The molecule has 2 heterocycles. The minimum atomic E-state index is 0.0387. The Hall–Kier alpha value is -2.12. The van der Waals surface area contributed by atoms with E-state index in [0.29, 0.717) is 17.1 Å². The van der Waals surface area contributed by atoms with E-state index < -0.39 is 0 Å². The number of methoxy groups -OCH3 is 1. The van der Waals surface area contributed by atoms with E-state index >= 15 is 0 Å². The van der Waals surface area contributed by atoms with E-state index in [9.17, 15) is 4.79 Å². The molecule has 1 aliphatic rings. The van der Waals surface area contributed by atoms with Gasteiger partial charge in [0, 0.05) is 23.5 Å². The van der Waals surface area contributed by atoms with Gasteiger partial charge in [0.25, 0.3) is 0 Å². The number of piperidine rings is 1. The first-order valence-corrected chi connectivity index (χ1v) is 9.31. The van der Waals surface area contributed by atoms with E-state index in [4.69, 9.17) is 10.5 Å². The van der Waals surface area contributed by atoms with Crippen LogP contribution in [0.2, 0.25) is 0 Å². The normalized spacial score (nSPS) is 15.9. The molecule has 6 nitrogen and oxygen atoms in total. The lowest BCUT2D eigenvalue weighted by Crippen LogP contribution is -2.37. The maximum atomic E-state index is 12.5. The Labute approximate surface area is 152 Å². The third-order valence-corrected chi connectivity index (χ3v) is 5.33. The predicted octanol–water partition coefficient (Wildman–Crippen LogP) is 2.89. The second-order valence-electron chi connectivity index (χ2n) is 6.35. The monoisotopic (exact) mass is 360 g/mol. The van der Waals surface area contributed by atoms with Crippen LogP contribution in [0.4, 0.5) is 11.4 Å². The maximum Gasteiger partial charge on any atom is 0.227 e. The lowest BCUT2D eigenvalue weighted by atomic mass is 9.95. The van der Waals surface area contributed by atoms with E-state index in [2.05, 4.69) is 20.6 Å². The number of benzene rings is 1. The standard InChI is InChI=1S/C18H24N4O2S/c1-12-20-15(11-25-12)10-22-7-5-13(6-8-22)18(23)21-14-3-4-17(24-2)16(19)9-14/h3-4,9,11,13H,5-8,10,19H2,1-2H3,(H,21,23). The van der Waals surface area contributed by atoms with Crippen molar-refractivity contribution in [3.63, 3.8) is 0 Å². The van der Waals surface area contributed by atoms with E-state index in [-0.39, 0.29) is 11.8 Å². The Bertz CT molecular complexity index is 738. The number of aromatic nitrogens is 1. The van der Waals surface area contributed by atoms with Crippen molar-refractivity contribution >= 4 is 28.6 Å². The summed E-state index contributed by atoms with van der Waals surface area (Å²) in [4.78, 5) is 19.4. The average molecular weight is 360 g/mol. The van der Waals surface area contributed by atoms with Crippen molar-refractivity contribution in [2.24, 2.45) is 5.92 Å². The van der Waals surface area contributed by atoms with E-state index in [1.807, 2.05) is 13.0 Å². The van der Waals surface area contributed by atoms with Crippen LogP contribution < -0.4 is 15.8 Å². The zero-order chi connectivity index (χ0) is 17.8. The fraction of sp³-hybridized carbons (Fsp3) is 0.444. The molecular weight excluding hydrogens is 336 g/mol. The van der Waals surface area contributed by atoms with Gasteiger partial charge in [-0.2, -0.15) is 0 Å². The van der Waals surface area contributed by atoms with Gasteiger partial charge in [0.05, 0.1) is 23.5 Å². The summed E-state index contributed by atoms with van der Waals surface area (Å²) in [5.41, 5.74) is 8.25. The summed E-state index contributed by atoms with van der Waals surface area (Å²) in [6.45, 7) is 4.73. The maximum absolute atomic E-state index is 12.5. The Morgan fingerprint density at radius 3 is 2.80 bits per heavy atom. The number of anilines is 2. The van der Waals surface area contributed by atoms with E-state index in [1.165, 1.54) is 0 Å². The Kier molecular flexibility index (Phi) is 5.55. The quantitative estimate of drug-likeness (QED) is 0.802. The molecule has 0 aliphatic carbocycles. The summed E-state index contributed by atoms with van der Waals surface area (Å²) < 4.78 is 5.14. The lowest BCUT2D eigenvalue weighted by molar-refractivity contribution is -0.121. The number of carbonyl (C=O) groups is 1. The van der Waals surface area contributed by atoms with Crippen molar-refractivity contribution in [2.75, 3.05) is 31.2 Å². The van der Waals surface area contributed by atoms with Crippen LogP contribution in [0.5, 0.6) is 5.75 Å².